The number of carbonyl (C=O) groups is 2. The summed E-state index contributed by atoms with van der Waals surface area (Å²) in [6.45, 7) is 12.0. The maximum atomic E-state index is 12.2. The second kappa shape index (κ2) is 8.26. The third-order valence-corrected chi connectivity index (χ3v) is 6.47. The molecule has 1 unspecified atom stereocenters. The van der Waals surface area contributed by atoms with Crippen LogP contribution in [0.25, 0.3) is 10.2 Å². The molecule has 0 spiro atoms. The van der Waals surface area contributed by atoms with E-state index in [4.69, 9.17) is 9.72 Å². The van der Waals surface area contributed by atoms with E-state index in [1.54, 1.807) is 0 Å². The van der Waals surface area contributed by atoms with Crippen LogP contribution in [0.1, 0.15) is 54.7 Å². The van der Waals surface area contributed by atoms with E-state index in [2.05, 4.69) is 15.2 Å². The number of amides is 1. The Hall–Kier alpha value is -2.22. The lowest BCUT2D eigenvalue weighted by atomic mass is 9.94. The van der Waals surface area contributed by atoms with Gasteiger partial charge in [0.25, 0.3) is 0 Å². The largest absolute Gasteiger partial charge is 0.465 e. The summed E-state index contributed by atoms with van der Waals surface area (Å²) in [6.07, 6.45) is 2.11. The fraction of sp³-hybridized carbons (Fsp3) is 0.619. The molecule has 158 valence electrons. The van der Waals surface area contributed by atoms with Crippen LogP contribution in [0.3, 0.4) is 0 Å². The number of anilines is 1. The van der Waals surface area contributed by atoms with Crippen molar-refractivity contribution in [1.29, 1.82) is 0 Å². The van der Waals surface area contributed by atoms with Gasteiger partial charge in [0, 0.05) is 25.0 Å². The molecular weight excluding hydrogens is 388 g/mol. The normalized spacial score (nSPS) is 17.4. The monoisotopic (exact) mass is 418 g/mol. The smallest absolute Gasteiger partial charge is 0.348 e. The zero-order valence-electron chi connectivity index (χ0n) is 18.1. The van der Waals surface area contributed by atoms with Gasteiger partial charge in [-0.05, 0) is 38.2 Å². The molecule has 1 amide bonds. The Kier molecular flexibility index (Phi) is 6.12. The van der Waals surface area contributed by atoms with Crippen molar-refractivity contribution in [2.24, 2.45) is 11.3 Å². The standard InChI is InChI=1S/C21H30N4O3S/c1-12-15-17(23-13(2)24-18(15)29-16(12)19(26)28-6)25-9-7-8-14(11-25)10-22-20(27)21(3,4)5/h14H,7-11H2,1-6H3,(H,22,27). The van der Waals surface area contributed by atoms with Gasteiger partial charge in [0.15, 0.2) is 0 Å². The lowest BCUT2D eigenvalue weighted by Crippen LogP contribution is -2.43. The van der Waals surface area contributed by atoms with E-state index < -0.39 is 0 Å². The van der Waals surface area contributed by atoms with Crippen LogP contribution in [-0.4, -0.2) is 48.6 Å². The molecular formula is C21H30N4O3S. The number of thiophene rings is 1. The van der Waals surface area contributed by atoms with Gasteiger partial charge in [-0.15, -0.1) is 11.3 Å². The first-order chi connectivity index (χ1) is 13.6. The number of fused-ring (bicyclic) bond motifs is 1. The van der Waals surface area contributed by atoms with Gasteiger partial charge in [-0.1, -0.05) is 20.8 Å². The molecule has 0 radical (unpaired) electrons. The maximum absolute atomic E-state index is 12.2. The van der Waals surface area contributed by atoms with E-state index in [0.29, 0.717) is 23.2 Å². The number of nitrogens with one attached hydrogen (secondary N) is 1. The predicted molar refractivity (Wildman–Crippen MR) is 116 cm³/mol. The van der Waals surface area contributed by atoms with Crippen molar-refractivity contribution in [3.05, 3.63) is 16.3 Å². The Bertz CT molecular complexity index is 932. The highest BCUT2D eigenvalue weighted by atomic mass is 32.1. The van der Waals surface area contributed by atoms with Crippen molar-refractivity contribution in [1.82, 2.24) is 15.3 Å². The number of aryl methyl sites for hydroxylation is 2. The van der Waals surface area contributed by atoms with Crippen molar-refractivity contribution < 1.29 is 14.3 Å². The van der Waals surface area contributed by atoms with Gasteiger partial charge in [-0.2, -0.15) is 0 Å². The molecule has 8 heteroatoms. The number of esters is 1. The number of carbonyl (C=O) groups excluding carboxylic acids is 2. The maximum Gasteiger partial charge on any atom is 0.348 e. The van der Waals surface area contributed by atoms with E-state index in [-0.39, 0.29) is 17.3 Å². The molecule has 1 fully saturated rings. The van der Waals surface area contributed by atoms with Gasteiger partial charge in [0.05, 0.1) is 12.5 Å². The van der Waals surface area contributed by atoms with E-state index in [9.17, 15) is 9.59 Å². The molecule has 0 bridgehead atoms. The molecule has 1 aliphatic heterocycles. The number of rotatable bonds is 4. The summed E-state index contributed by atoms with van der Waals surface area (Å²) in [5, 5.41) is 4.02. The van der Waals surface area contributed by atoms with Crippen LogP contribution in [-0.2, 0) is 9.53 Å². The summed E-state index contributed by atoms with van der Waals surface area (Å²) in [5.41, 5.74) is 0.484. The summed E-state index contributed by atoms with van der Waals surface area (Å²) in [7, 11) is 1.39. The van der Waals surface area contributed by atoms with Crippen LogP contribution < -0.4 is 10.2 Å². The molecule has 1 aliphatic rings. The predicted octanol–water partition coefficient (Wildman–Crippen LogP) is 3.47. The molecule has 1 saturated heterocycles. The quantitative estimate of drug-likeness (QED) is 0.766. The van der Waals surface area contributed by atoms with E-state index in [1.165, 1.54) is 18.4 Å². The topological polar surface area (TPSA) is 84.4 Å². The Labute approximate surface area is 175 Å². The Morgan fingerprint density at radius 2 is 2.00 bits per heavy atom. The van der Waals surface area contributed by atoms with Crippen molar-refractivity contribution >= 4 is 39.2 Å². The van der Waals surface area contributed by atoms with Crippen molar-refractivity contribution in [3.8, 4) is 0 Å². The second-order valence-corrected chi connectivity index (χ2v) is 9.74. The molecule has 1 N–H and O–H groups in total. The molecule has 2 aromatic rings. The Balaban J connectivity index is 1.86. The van der Waals surface area contributed by atoms with Crippen molar-refractivity contribution in [3.63, 3.8) is 0 Å². The first kappa shape index (κ1) is 21.5. The molecule has 0 aliphatic carbocycles. The lowest BCUT2D eigenvalue weighted by molar-refractivity contribution is -0.128. The number of aromatic nitrogens is 2. The number of piperidine rings is 1. The Morgan fingerprint density at radius 1 is 1.28 bits per heavy atom. The SMILES string of the molecule is COC(=O)c1sc2nc(C)nc(N3CCCC(CNC(=O)C(C)(C)C)C3)c2c1C. The molecule has 3 heterocycles. The van der Waals surface area contributed by atoms with Crippen molar-refractivity contribution in [2.75, 3.05) is 31.6 Å². The fourth-order valence-corrected chi connectivity index (χ4v) is 4.80. The first-order valence-electron chi connectivity index (χ1n) is 10.0. The zero-order valence-corrected chi connectivity index (χ0v) is 18.9. The number of ether oxygens (including phenoxy) is 1. The third-order valence-electron chi connectivity index (χ3n) is 5.30. The van der Waals surface area contributed by atoms with E-state index in [0.717, 1.165) is 47.5 Å². The summed E-state index contributed by atoms with van der Waals surface area (Å²) in [5.74, 6) is 1.66. The minimum atomic E-state index is -0.387. The van der Waals surface area contributed by atoms with Crippen LogP contribution in [0.4, 0.5) is 5.82 Å². The molecule has 3 rings (SSSR count). The molecule has 2 aromatic heterocycles. The van der Waals surface area contributed by atoms with Gasteiger partial charge >= 0.3 is 5.97 Å². The summed E-state index contributed by atoms with van der Waals surface area (Å²) in [4.78, 5) is 37.3. The average Bonchev–Trinajstić information content (AvgIpc) is 3.00. The lowest BCUT2D eigenvalue weighted by Gasteiger charge is -2.34. The third kappa shape index (κ3) is 4.52. The van der Waals surface area contributed by atoms with Crippen LogP contribution in [0.15, 0.2) is 0 Å². The number of hydrogen-bond acceptors (Lipinski definition) is 7. The number of hydrogen-bond donors (Lipinski definition) is 1. The number of nitrogens with zero attached hydrogens (tertiary/aromatic N) is 3. The highest BCUT2D eigenvalue weighted by Crippen LogP contribution is 2.37. The molecule has 1 atom stereocenters. The first-order valence-corrected chi connectivity index (χ1v) is 10.8. The molecule has 0 saturated carbocycles. The summed E-state index contributed by atoms with van der Waals surface area (Å²) in [6, 6.07) is 0. The van der Waals surface area contributed by atoms with Gasteiger partial charge in [0.2, 0.25) is 5.91 Å². The highest BCUT2D eigenvalue weighted by Gasteiger charge is 2.28. The van der Waals surface area contributed by atoms with Crippen LogP contribution in [0.5, 0.6) is 0 Å². The van der Waals surface area contributed by atoms with E-state index >= 15 is 0 Å². The van der Waals surface area contributed by atoms with Crippen LogP contribution in [0, 0.1) is 25.2 Å². The Morgan fingerprint density at radius 3 is 2.66 bits per heavy atom. The molecule has 7 nitrogen and oxygen atoms in total. The minimum absolute atomic E-state index is 0.0753. The summed E-state index contributed by atoms with van der Waals surface area (Å²) < 4.78 is 4.93. The summed E-state index contributed by atoms with van der Waals surface area (Å²) >= 11 is 1.36. The van der Waals surface area contributed by atoms with E-state index in [1.807, 2.05) is 34.6 Å². The van der Waals surface area contributed by atoms with Gasteiger partial charge < -0.3 is 15.0 Å². The zero-order chi connectivity index (χ0) is 21.3. The minimum Gasteiger partial charge on any atom is -0.465 e. The highest BCUT2D eigenvalue weighted by molar-refractivity contribution is 7.20. The number of methoxy groups -OCH3 is 1. The molecule has 0 aromatic carbocycles. The fourth-order valence-electron chi connectivity index (χ4n) is 3.66. The van der Waals surface area contributed by atoms with Gasteiger partial charge in [-0.25, -0.2) is 14.8 Å². The van der Waals surface area contributed by atoms with Crippen LogP contribution >= 0.6 is 11.3 Å². The van der Waals surface area contributed by atoms with Crippen LogP contribution in [0.2, 0.25) is 0 Å². The van der Waals surface area contributed by atoms with Gasteiger partial charge in [-0.3, -0.25) is 4.79 Å². The second-order valence-electron chi connectivity index (χ2n) is 8.74. The van der Waals surface area contributed by atoms with Gasteiger partial charge in [0.1, 0.15) is 21.3 Å². The van der Waals surface area contributed by atoms with Crippen molar-refractivity contribution in [2.45, 2.75) is 47.5 Å². The molecule has 29 heavy (non-hydrogen) atoms. The average molecular weight is 419 g/mol.